The van der Waals surface area contributed by atoms with E-state index in [1.54, 1.807) is 12.1 Å². The number of rotatable bonds is 4. The highest BCUT2D eigenvalue weighted by Gasteiger charge is 2.34. The van der Waals surface area contributed by atoms with Gasteiger partial charge in [-0.3, -0.25) is 4.79 Å². The van der Waals surface area contributed by atoms with Gasteiger partial charge in [-0.2, -0.15) is 0 Å². The van der Waals surface area contributed by atoms with Crippen LogP contribution in [0.1, 0.15) is 36.3 Å². The summed E-state index contributed by atoms with van der Waals surface area (Å²) in [5, 5.41) is 13.0. The van der Waals surface area contributed by atoms with Crippen LogP contribution in [-0.4, -0.2) is 38.8 Å². The minimum absolute atomic E-state index is 0. The number of benzene rings is 1. The molecule has 2 bridgehead atoms. The van der Waals surface area contributed by atoms with Crippen LogP contribution in [0.15, 0.2) is 41.8 Å². The molecule has 2 fully saturated rings. The first kappa shape index (κ1) is 20.0. The first-order valence-electron chi connectivity index (χ1n) is 9.49. The summed E-state index contributed by atoms with van der Waals surface area (Å²) in [7, 11) is 0. The van der Waals surface area contributed by atoms with Crippen molar-refractivity contribution in [2.45, 2.75) is 43.8 Å². The molecule has 152 valence electrons. The van der Waals surface area contributed by atoms with E-state index in [0.29, 0.717) is 23.6 Å². The van der Waals surface area contributed by atoms with Crippen LogP contribution >= 0.6 is 23.7 Å². The molecule has 3 aromatic rings. The number of piperidine rings is 1. The Bertz CT molecular complexity index is 996. The Labute approximate surface area is 178 Å². The third kappa shape index (κ3) is 4.05. The molecule has 1 amide bonds. The number of nitrogens with one attached hydrogen (secondary N) is 2. The van der Waals surface area contributed by atoms with Crippen LogP contribution in [0.5, 0.6) is 0 Å². The minimum Gasteiger partial charge on any atom is -0.346 e. The van der Waals surface area contributed by atoms with Crippen molar-refractivity contribution in [1.82, 2.24) is 25.4 Å². The number of nitrogens with zero attached hydrogens (tertiary/aromatic N) is 3. The normalized spacial score (nSPS) is 22.9. The molecule has 29 heavy (non-hydrogen) atoms. The third-order valence-corrected chi connectivity index (χ3v) is 6.28. The molecule has 1 aromatic carbocycles. The number of halogens is 2. The third-order valence-electron chi connectivity index (χ3n) is 5.41. The highest BCUT2D eigenvalue weighted by molar-refractivity contribution is 7.13. The SMILES string of the molecule is Cl.O=C(NC1CC2CCC(C1)N2)c1nc(-c2cccs2)n(-c2cccc(F)c2)n1. The lowest BCUT2D eigenvalue weighted by Gasteiger charge is -2.29. The summed E-state index contributed by atoms with van der Waals surface area (Å²) in [6.45, 7) is 0. The topological polar surface area (TPSA) is 71.8 Å². The fourth-order valence-corrected chi connectivity index (χ4v) is 4.88. The standard InChI is InChI=1S/C20H20FN5OS.ClH/c21-12-3-1-4-16(9-12)26-19(17-5-2-8-28-17)24-18(25-26)20(27)23-15-10-13-6-7-14(11-15)22-13;/h1-5,8-9,13-15,22H,6-7,10-11H2,(H,23,27);1H. The molecular weight excluding hydrogens is 413 g/mol. The van der Waals surface area contributed by atoms with E-state index in [1.165, 1.54) is 41.0 Å². The molecule has 2 atom stereocenters. The summed E-state index contributed by atoms with van der Waals surface area (Å²) in [5.41, 5.74) is 0.537. The van der Waals surface area contributed by atoms with Gasteiger partial charge in [0.15, 0.2) is 5.82 Å². The van der Waals surface area contributed by atoms with Crippen molar-refractivity contribution >= 4 is 29.7 Å². The summed E-state index contributed by atoms with van der Waals surface area (Å²) in [4.78, 5) is 18.2. The highest BCUT2D eigenvalue weighted by atomic mass is 35.5. The zero-order chi connectivity index (χ0) is 19.1. The van der Waals surface area contributed by atoms with Crippen LogP contribution in [0.4, 0.5) is 4.39 Å². The number of amides is 1. The van der Waals surface area contributed by atoms with E-state index in [-0.39, 0.29) is 36.0 Å². The maximum atomic E-state index is 13.7. The fraction of sp³-hybridized carbons (Fsp3) is 0.350. The van der Waals surface area contributed by atoms with Crippen molar-refractivity contribution < 1.29 is 9.18 Å². The second kappa shape index (κ2) is 8.22. The highest BCUT2D eigenvalue weighted by Crippen LogP contribution is 2.28. The van der Waals surface area contributed by atoms with Gasteiger partial charge in [-0.15, -0.1) is 28.8 Å². The van der Waals surface area contributed by atoms with Crippen LogP contribution < -0.4 is 10.6 Å². The van der Waals surface area contributed by atoms with Crippen molar-refractivity contribution in [2.75, 3.05) is 0 Å². The second-order valence-corrected chi connectivity index (χ2v) is 8.36. The quantitative estimate of drug-likeness (QED) is 0.659. The molecule has 2 aliphatic heterocycles. The van der Waals surface area contributed by atoms with E-state index in [1.807, 2.05) is 17.5 Å². The van der Waals surface area contributed by atoms with Gasteiger partial charge >= 0.3 is 0 Å². The van der Waals surface area contributed by atoms with Gasteiger partial charge in [0, 0.05) is 18.1 Å². The molecule has 2 unspecified atom stereocenters. The lowest BCUT2D eigenvalue weighted by molar-refractivity contribution is 0.0913. The molecule has 6 nitrogen and oxygen atoms in total. The van der Waals surface area contributed by atoms with Gasteiger partial charge in [0.05, 0.1) is 10.6 Å². The first-order valence-corrected chi connectivity index (χ1v) is 10.4. The largest absolute Gasteiger partial charge is 0.346 e. The molecule has 2 aromatic heterocycles. The molecule has 2 N–H and O–H groups in total. The van der Waals surface area contributed by atoms with Crippen LogP contribution in [0.3, 0.4) is 0 Å². The number of fused-ring (bicyclic) bond motifs is 2. The summed E-state index contributed by atoms with van der Waals surface area (Å²) in [5.74, 6) is 0.00948. The summed E-state index contributed by atoms with van der Waals surface area (Å²) in [6.07, 6.45) is 4.22. The number of aromatic nitrogens is 3. The van der Waals surface area contributed by atoms with E-state index < -0.39 is 0 Å². The molecule has 0 saturated carbocycles. The second-order valence-electron chi connectivity index (χ2n) is 7.41. The van der Waals surface area contributed by atoms with Crippen LogP contribution in [0.2, 0.25) is 0 Å². The van der Waals surface area contributed by atoms with Crippen molar-refractivity contribution in [2.24, 2.45) is 0 Å². The Morgan fingerprint density at radius 1 is 1.21 bits per heavy atom. The van der Waals surface area contributed by atoms with E-state index in [4.69, 9.17) is 0 Å². The first-order chi connectivity index (χ1) is 13.7. The van der Waals surface area contributed by atoms with Crippen molar-refractivity contribution in [3.8, 4) is 16.4 Å². The van der Waals surface area contributed by atoms with Gasteiger partial charge in [-0.05, 0) is 55.3 Å². The van der Waals surface area contributed by atoms with Gasteiger partial charge in [0.25, 0.3) is 5.91 Å². The summed E-state index contributed by atoms with van der Waals surface area (Å²) >= 11 is 1.50. The average Bonchev–Trinajstić information content (AvgIpc) is 3.41. The van der Waals surface area contributed by atoms with Crippen LogP contribution in [-0.2, 0) is 0 Å². The number of carbonyl (C=O) groups is 1. The maximum absolute atomic E-state index is 13.7. The molecular formula is C20H21ClFN5OS. The fourth-order valence-electron chi connectivity index (χ4n) is 4.19. The predicted octanol–water partition coefficient (Wildman–Crippen LogP) is 3.57. The van der Waals surface area contributed by atoms with Crippen molar-refractivity contribution in [1.29, 1.82) is 0 Å². The van der Waals surface area contributed by atoms with Crippen LogP contribution in [0, 0.1) is 5.82 Å². The number of thiophene rings is 1. The van der Waals surface area contributed by atoms with Gasteiger partial charge in [-0.25, -0.2) is 14.1 Å². The maximum Gasteiger partial charge on any atom is 0.291 e. The zero-order valence-electron chi connectivity index (χ0n) is 15.5. The van der Waals surface area contributed by atoms with Crippen molar-refractivity contribution in [3.05, 3.63) is 53.4 Å². The Balaban J connectivity index is 0.00000205. The van der Waals surface area contributed by atoms with Gasteiger partial charge in [0.2, 0.25) is 5.82 Å². The molecule has 0 aliphatic carbocycles. The molecule has 4 heterocycles. The Hall–Kier alpha value is -2.29. The van der Waals surface area contributed by atoms with Crippen LogP contribution in [0.25, 0.3) is 16.4 Å². The molecule has 2 saturated heterocycles. The van der Waals surface area contributed by atoms with Gasteiger partial charge in [0.1, 0.15) is 5.82 Å². The lowest BCUT2D eigenvalue weighted by Crippen LogP contribution is -2.48. The zero-order valence-corrected chi connectivity index (χ0v) is 17.2. The van der Waals surface area contributed by atoms with E-state index in [9.17, 15) is 9.18 Å². The number of hydrogen-bond donors (Lipinski definition) is 2. The smallest absolute Gasteiger partial charge is 0.291 e. The van der Waals surface area contributed by atoms with E-state index >= 15 is 0 Å². The Morgan fingerprint density at radius 2 is 2.00 bits per heavy atom. The van der Waals surface area contributed by atoms with E-state index in [0.717, 1.165) is 17.7 Å². The van der Waals surface area contributed by atoms with Gasteiger partial charge in [-0.1, -0.05) is 12.1 Å². The molecule has 0 radical (unpaired) electrons. The number of carbonyl (C=O) groups excluding carboxylic acids is 1. The predicted molar refractivity (Wildman–Crippen MR) is 112 cm³/mol. The molecule has 9 heteroatoms. The van der Waals surface area contributed by atoms with E-state index in [2.05, 4.69) is 20.7 Å². The molecule has 0 spiro atoms. The summed E-state index contributed by atoms with van der Waals surface area (Å²) in [6, 6.07) is 11.1. The lowest BCUT2D eigenvalue weighted by atomic mass is 10.00. The van der Waals surface area contributed by atoms with Gasteiger partial charge < -0.3 is 10.6 Å². The Kier molecular flexibility index (Phi) is 5.67. The Morgan fingerprint density at radius 3 is 2.69 bits per heavy atom. The number of hydrogen-bond acceptors (Lipinski definition) is 5. The monoisotopic (exact) mass is 433 g/mol. The molecule has 5 rings (SSSR count). The molecule has 2 aliphatic rings. The van der Waals surface area contributed by atoms with Crippen molar-refractivity contribution in [3.63, 3.8) is 0 Å². The average molecular weight is 434 g/mol. The summed E-state index contributed by atoms with van der Waals surface area (Å²) < 4.78 is 15.3. The minimum atomic E-state index is -0.360.